The first-order valence-electron chi connectivity index (χ1n) is 4.03. The number of carboxylic acid groups (broad SMARTS) is 1. The number of rotatable bonds is 4. The summed E-state index contributed by atoms with van der Waals surface area (Å²) in [6.07, 6.45) is 4.95. The van der Waals surface area contributed by atoms with Crippen molar-refractivity contribution in [3.63, 3.8) is 0 Å². The molecular formula is C8H14N2O2. The zero-order valence-electron chi connectivity index (χ0n) is 7.23. The van der Waals surface area contributed by atoms with Gasteiger partial charge in [0, 0.05) is 32.4 Å². The average Bonchev–Trinajstić information content (AvgIpc) is 2.35. The maximum absolute atomic E-state index is 10.2. The Morgan fingerprint density at radius 3 is 2.83 bits per heavy atom. The minimum Gasteiger partial charge on any atom is -0.481 e. The normalized spacial score (nSPS) is 15.8. The maximum atomic E-state index is 10.2. The van der Waals surface area contributed by atoms with Crippen LogP contribution >= 0.6 is 0 Å². The first-order valence-corrected chi connectivity index (χ1v) is 4.03. The van der Waals surface area contributed by atoms with Crippen LogP contribution < -0.4 is 0 Å². The van der Waals surface area contributed by atoms with Gasteiger partial charge in [0.15, 0.2) is 0 Å². The van der Waals surface area contributed by atoms with Crippen molar-refractivity contribution in [2.24, 2.45) is 0 Å². The van der Waals surface area contributed by atoms with Gasteiger partial charge in [0.05, 0.1) is 6.67 Å². The summed E-state index contributed by atoms with van der Waals surface area (Å²) in [6.45, 7) is 1.70. The second kappa shape index (κ2) is 3.99. The van der Waals surface area contributed by atoms with Crippen molar-refractivity contribution >= 4 is 5.97 Å². The van der Waals surface area contributed by atoms with E-state index in [2.05, 4.69) is 9.80 Å². The highest BCUT2D eigenvalue weighted by Crippen LogP contribution is 2.04. The van der Waals surface area contributed by atoms with E-state index in [0.717, 1.165) is 13.2 Å². The van der Waals surface area contributed by atoms with Crippen LogP contribution in [-0.4, -0.2) is 41.1 Å². The van der Waals surface area contributed by atoms with Crippen LogP contribution in [0.4, 0.5) is 0 Å². The van der Waals surface area contributed by atoms with Crippen molar-refractivity contribution in [3.05, 3.63) is 12.4 Å². The largest absolute Gasteiger partial charge is 0.481 e. The molecule has 0 atom stereocenters. The predicted octanol–water partition coefficient (Wildman–Crippen LogP) is 0.527. The number of nitrogens with zero attached hydrogens (tertiary/aromatic N) is 2. The van der Waals surface area contributed by atoms with E-state index in [1.807, 2.05) is 19.4 Å². The van der Waals surface area contributed by atoms with Crippen LogP contribution in [0.5, 0.6) is 0 Å². The van der Waals surface area contributed by atoms with Gasteiger partial charge < -0.3 is 14.9 Å². The van der Waals surface area contributed by atoms with Crippen LogP contribution in [-0.2, 0) is 4.79 Å². The molecule has 0 aromatic carbocycles. The third kappa shape index (κ3) is 2.82. The highest BCUT2D eigenvalue weighted by Gasteiger charge is 2.07. The molecule has 68 valence electrons. The Bertz CT molecular complexity index is 191. The summed E-state index contributed by atoms with van der Waals surface area (Å²) in [5.41, 5.74) is 0. The van der Waals surface area contributed by atoms with Gasteiger partial charge in [-0.15, -0.1) is 0 Å². The Labute approximate surface area is 72.1 Å². The molecule has 0 bridgehead atoms. The molecule has 0 radical (unpaired) electrons. The first-order chi connectivity index (χ1) is 5.68. The molecule has 0 unspecified atom stereocenters. The fourth-order valence-corrected chi connectivity index (χ4v) is 1.17. The second-order valence-corrected chi connectivity index (χ2v) is 3.01. The van der Waals surface area contributed by atoms with E-state index in [-0.39, 0.29) is 6.42 Å². The number of hydrogen-bond acceptors (Lipinski definition) is 3. The summed E-state index contributed by atoms with van der Waals surface area (Å²) in [6, 6.07) is 0. The van der Waals surface area contributed by atoms with Crippen LogP contribution in [0.2, 0.25) is 0 Å². The number of carboxylic acids is 1. The molecule has 1 aliphatic heterocycles. The molecule has 0 fully saturated rings. The summed E-state index contributed by atoms with van der Waals surface area (Å²) in [5, 5.41) is 8.39. The molecule has 0 amide bonds. The molecule has 0 spiro atoms. The van der Waals surface area contributed by atoms with Crippen LogP contribution in [0.25, 0.3) is 0 Å². The van der Waals surface area contributed by atoms with Crippen molar-refractivity contribution in [3.8, 4) is 0 Å². The lowest BCUT2D eigenvalue weighted by atomic mass is 10.3. The van der Waals surface area contributed by atoms with Gasteiger partial charge in [-0.05, 0) is 6.42 Å². The molecule has 4 nitrogen and oxygen atoms in total. The quantitative estimate of drug-likeness (QED) is 0.668. The van der Waals surface area contributed by atoms with Crippen molar-refractivity contribution < 1.29 is 9.90 Å². The van der Waals surface area contributed by atoms with E-state index in [1.165, 1.54) is 0 Å². The third-order valence-electron chi connectivity index (χ3n) is 1.77. The van der Waals surface area contributed by atoms with Gasteiger partial charge in [0.2, 0.25) is 0 Å². The van der Waals surface area contributed by atoms with Gasteiger partial charge in [-0.3, -0.25) is 4.79 Å². The highest BCUT2D eigenvalue weighted by molar-refractivity contribution is 5.66. The zero-order chi connectivity index (χ0) is 8.97. The molecule has 0 aromatic heterocycles. The number of hydrogen-bond donors (Lipinski definition) is 1. The lowest BCUT2D eigenvalue weighted by Gasteiger charge is -2.17. The molecule has 1 rings (SSSR count). The van der Waals surface area contributed by atoms with Gasteiger partial charge in [0.25, 0.3) is 0 Å². The van der Waals surface area contributed by atoms with Crippen molar-refractivity contribution in [2.45, 2.75) is 12.8 Å². The first kappa shape index (κ1) is 8.90. The van der Waals surface area contributed by atoms with Crippen molar-refractivity contribution in [1.82, 2.24) is 9.80 Å². The van der Waals surface area contributed by atoms with Crippen LogP contribution in [0.15, 0.2) is 12.4 Å². The fourth-order valence-electron chi connectivity index (χ4n) is 1.17. The molecule has 0 aliphatic carbocycles. The third-order valence-corrected chi connectivity index (χ3v) is 1.77. The SMILES string of the molecule is CN1C=CN(CCCC(=O)O)C1. The molecule has 4 heteroatoms. The molecule has 1 heterocycles. The molecule has 12 heavy (non-hydrogen) atoms. The molecule has 0 aromatic rings. The lowest BCUT2D eigenvalue weighted by molar-refractivity contribution is -0.137. The standard InChI is InChI=1S/C8H14N2O2/c1-9-5-6-10(7-9)4-2-3-8(11)12/h5-6H,2-4,7H2,1H3,(H,11,12). The summed E-state index contributed by atoms with van der Waals surface area (Å²) >= 11 is 0. The molecule has 1 N–H and O–H groups in total. The van der Waals surface area contributed by atoms with Gasteiger partial charge >= 0.3 is 5.97 Å². The highest BCUT2D eigenvalue weighted by atomic mass is 16.4. The Balaban J connectivity index is 2.09. The Hall–Kier alpha value is -1.19. The maximum Gasteiger partial charge on any atom is 0.303 e. The molecular weight excluding hydrogens is 156 g/mol. The van der Waals surface area contributed by atoms with Gasteiger partial charge in [-0.25, -0.2) is 0 Å². The van der Waals surface area contributed by atoms with E-state index in [1.54, 1.807) is 0 Å². The summed E-state index contributed by atoms with van der Waals surface area (Å²) < 4.78 is 0. The number of aliphatic carboxylic acids is 1. The Morgan fingerprint density at radius 2 is 2.33 bits per heavy atom. The van der Waals surface area contributed by atoms with E-state index in [9.17, 15) is 4.79 Å². The molecule has 1 aliphatic rings. The van der Waals surface area contributed by atoms with Gasteiger partial charge in [0.1, 0.15) is 0 Å². The van der Waals surface area contributed by atoms with Gasteiger partial charge in [-0.2, -0.15) is 0 Å². The lowest BCUT2D eigenvalue weighted by Crippen LogP contribution is -2.23. The summed E-state index contributed by atoms with van der Waals surface area (Å²) in [7, 11) is 1.99. The Morgan fingerprint density at radius 1 is 1.58 bits per heavy atom. The Kier molecular flexibility index (Phi) is 2.96. The predicted molar refractivity (Wildman–Crippen MR) is 45.3 cm³/mol. The van der Waals surface area contributed by atoms with Crippen LogP contribution in [0, 0.1) is 0 Å². The average molecular weight is 170 g/mol. The van der Waals surface area contributed by atoms with Crippen molar-refractivity contribution in [1.29, 1.82) is 0 Å². The summed E-state index contributed by atoms with van der Waals surface area (Å²) in [4.78, 5) is 14.3. The van der Waals surface area contributed by atoms with E-state index < -0.39 is 5.97 Å². The van der Waals surface area contributed by atoms with Crippen LogP contribution in [0.1, 0.15) is 12.8 Å². The molecule has 0 saturated carbocycles. The van der Waals surface area contributed by atoms with E-state index in [4.69, 9.17) is 5.11 Å². The zero-order valence-corrected chi connectivity index (χ0v) is 7.23. The van der Waals surface area contributed by atoms with Gasteiger partial charge in [-0.1, -0.05) is 0 Å². The summed E-state index contributed by atoms with van der Waals surface area (Å²) in [5.74, 6) is -0.716. The van der Waals surface area contributed by atoms with E-state index >= 15 is 0 Å². The minimum absolute atomic E-state index is 0.258. The second-order valence-electron chi connectivity index (χ2n) is 3.01. The fraction of sp³-hybridized carbons (Fsp3) is 0.625. The smallest absolute Gasteiger partial charge is 0.303 e. The monoisotopic (exact) mass is 170 g/mol. The van der Waals surface area contributed by atoms with Crippen molar-refractivity contribution in [2.75, 3.05) is 20.3 Å². The van der Waals surface area contributed by atoms with Crippen LogP contribution in [0.3, 0.4) is 0 Å². The molecule has 0 saturated heterocycles. The van der Waals surface area contributed by atoms with E-state index in [0.29, 0.717) is 6.42 Å². The number of carbonyl (C=O) groups is 1. The topological polar surface area (TPSA) is 43.8 Å². The minimum atomic E-state index is -0.716.